The molecule has 0 aromatic heterocycles. The number of allylic oxidation sites excluding steroid dienone is 4. The third kappa shape index (κ3) is 3.41. The average Bonchev–Trinajstić information content (AvgIpc) is 2.17. The van der Waals surface area contributed by atoms with Gasteiger partial charge in [0.1, 0.15) is 0 Å². The van der Waals surface area contributed by atoms with E-state index in [1.165, 1.54) is 16.8 Å². The van der Waals surface area contributed by atoms with Crippen LogP contribution in [0.5, 0.6) is 0 Å². The maximum atomic E-state index is 3.73. The number of likely N-dealkylation sites (N-methyl/N-ethyl adjacent to an activating group) is 1. The fraction of sp³-hybridized carbons (Fsp3) is 0.538. The summed E-state index contributed by atoms with van der Waals surface area (Å²) in [5.74, 6) is 0.603. The summed E-state index contributed by atoms with van der Waals surface area (Å²) in [6, 6.07) is 0. The summed E-state index contributed by atoms with van der Waals surface area (Å²) < 4.78 is 0. The van der Waals surface area contributed by atoms with E-state index in [4.69, 9.17) is 0 Å². The molecule has 0 radical (unpaired) electrons. The van der Waals surface area contributed by atoms with Gasteiger partial charge in [-0.1, -0.05) is 39.0 Å². The lowest BCUT2D eigenvalue weighted by Crippen LogP contribution is -2.10. The molecule has 1 nitrogen and oxygen atoms in total. The first-order valence-corrected chi connectivity index (χ1v) is 5.28. The van der Waals surface area contributed by atoms with Crippen LogP contribution >= 0.6 is 0 Å². The fourth-order valence-electron chi connectivity index (χ4n) is 1.48. The first-order valence-electron chi connectivity index (χ1n) is 5.28. The van der Waals surface area contributed by atoms with E-state index >= 15 is 0 Å². The van der Waals surface area contributed by atoms with Crippen molar-refractivity contribution in [3.8, 4) is 0 Å². The number of nitrogens with one attached hydrogen (secondary N) is 1. The highest BCUT2D eigenvalue weighted by atomic mass is 14.8. The van der Waals surface area contributed by atoms with Crippen molar-refractivity contribution >= 4 is 0 Å². The molecule has 0 saturated carbocycles. The van der Waals surface area contributed by atoms with Gasteiger partial charge in [-0.2, -0.15) is 0 Å². The number of rotatable bonds is 5. The maximum Gasteiger partial charge on any atom is 0.0369 e. The highest BCUT2D eigenvalue weighted by molar-refractivity contribution is 5.35. The molecule has 0 bridgehead atoms. The maximum absolute atomic E-state index is 3.73. The Morgan fingerprint density at radius 1 is 1.43 bits per heavy atom. The molecule has 0 rings (SSSR count). The monoisotopic (exact) mass is 193 g/mol. The third-order valence-corrected chi connectivity index (χ3v) is 2.57. The van der Waals surface area contributed by atoms with Gasteiger partial charge in [0.15, 0.2) is 0 Å². The molecule has 0 atom stereocenters. The molecule has 0 aliphatic heterocycles. The van der Waals surface area contributed by atoms with Crippen molar-refractivity contribution < 1.29 is 0 Å². The highest BCUT2D eigenvalue weighted by Crippen LogP contribution is 2.21. The quantitative estimate of drug-likeness (QED) is 0.657. The molecule has 0 aliphatic rings. The zero-order valence-corrected chi connectivity index (χ0v) is 10.1. The van der Waals surface area contributed by atoms with Gasteiger partial charge in [0.25, 0.3) is 0 Å². The predicted octanol–water partition coefficient (Wildman–Crippen LogP) is 3.66. The number of hydrogen-bond acceptors (Lipinski definition) is 1. The molecule has 0 saturated heterocycles. The summed E-state index contributed by atoms with van der Waals surface area (Å²) in [6.45, 7) is 12.6. The summed E-state index contributed by atoms with van der Waals surface area (Å²) in [6.07, 6.45) is 4.92. The second kappa shape index (κ2) is 6.47. The molecule has 0 unspecified atom stereocenters. The molecule has 0 amide bonds. The van der Waals surface area contributed by atoms with Gasteiger partial charge in [0.05, 0.1) is 0 Å². The summed E-state index contributed by atoms with van der Waals surface area (Å²) in [5.41, 5.74) is 4.05. The van der Waals surface area contributed by atoms with Crippen molar-refractivity contribution in [3.05, 3.63) is 35.6 Å². The van der Waals surface area contributed by atoms with Crippen molar-refractivity contribution in [2.75, 3.05) is 7.05 Å². The molecule has 0 heterocycles. The van der Waals surface area contributed by atoms with Gasteiger partial charge in [0, 0.05) is 12.7 Å². The van der Waals surface area contributed by atoms with Crippen molar-refractivity contribution in [2.45, 2.75) is 34.1 Å². The Hall–Kier alpha value is -0.980. The van der Waals surface area contributed by atoms with E-state index in [1.54, 1.807) is 0 Å². The second-order valence-corrected chi connectivity index (χ2v) is 3.74. The molecule has 0 aromatic rings. The van der Waals surface area contributed by atoms with Crippen molar-refractivity contribution in [1.29, 1.82) is 0 Å². The van der Waals surface area contributed by atoms with Crippen LogP contribution in [-0.2, 0) is 0 Å². The van der Waals surface area contributed by atoms with E-state index in [2.05, 4.69) is 39.6 Å². The summed E-state index contributed by atoms with van der Waals surface area (Å²) >= 11 is 0. The fourth-order valence-corrected chi connectivity index (χ4v) is 1.48. The van der Waals surface area contributed by atoms with E-state index in [1.807, 2.05) is 19.2 Å². The summed E-state index contributed by atoms with van der Waals surface area (Å²) in [7, 11) is 1.96. The lowest BCUT2D eigenvalue weighted by molar-refractivity contribution is 0.744. The van der Waals surface area contributed by atoms with Gasteiger partial charge in [0.2, 0.25) is 0 Å². The molecule has 0 aromatic carbocycles. The van der Waals surface area contributed by atoms with E-state index in [0.29, 0.717) is 5.92 Å². The Bertz CT molecular complexity index is 241. The van der Waals surface area contributed by atoms with Gasteiger partial charge < -0.3 is 5.32 Å². The predicted molar refractivity (Wildman–Crippen MR) is 65.2 cm³/mol. The summed E-state index contributed by atoms with van der Waals surface area (Å²) in [5, 5.41) is 3.22. The van der Waals surface area contributed by atoms with Crippen LogP contribution < -0.4 is 5.32 Å². The standard InChI is InChI=1S/C13H23N/c1-7-9-13(14-6)12(8-2)11(5)10(3)4/h7,9-10,14H,1,8H2,2-6H3/b12-11+,13-9+. The molecular formula is C13H23N. The van der Waals surface area contributed by atoms with Gasteiger partial charge in [-0.05, 0) is 30.9 Å². The minimum atomic E-state index is 0.603. The normalized spacial score (nSPS) is 14.0. The molecule has 0 spiro atoms. The topological polar surface area (TPSA) is 12.0 Å². The van der Waals surface area contributed by atoms with Crippen molar-refractivity contribution in [2.24, 2.45) is 5.92 Å². The van der Waals surface area contributed by atoms with Crippen molar-refractivity contribution in [1.82, 2.24) is 5.32 Å². The van der Waals surface area contributed by atoms with Crippen LogP contribution in [0, 0.1) is 5.92 Å². The van der Waals surface area contributed by atoms with Crippen LogP contribution in [-0.4, -0.2) is 7.05 Å². The van der Waals surface area contributed by atoms with Crippen LogP contribution in [0.15, 0.2) is 35.6 Å². The molecule has 80 valence electrons. The summed E-state index contributed by atoms with van der Waals surface area (Å²) in [4.78, 5) is 0. The Morgan fingerprint density at radius 2 is 2.00 bits per heavy atom. The third-order valence-electron chi connectivity index (χ3n) is 2.57. The smallest absolute Gasteiger partial charge is 0.0369 e. The van der Waals surface area contributed by atoms with Crippen LogP contribution in [0.1, 0.15) is 34.1 Å². The van der Waals surface area contributed by atoms with E-state index < -0.39 is 0 Å². The zero-order chi connectivity index (χ0) is 11.1. The van der Waals surface area contributed by atoms with Crippen LogP contribution in [0.2, 0.25) is 0 Å². The Kier molecular flexibility index (Phi) is 6.02. The molecule has 1 heteroatoms. The Balaban J connectivity index is 5.13. The number of hydrogen-bond donors (Lipinski definition) is 1. The SMILES string of the molecule is C=C/C=C(NC)\C(CC)=C(/C)C(C)C. The minimum Gasteiger partial charge on any atom is -0.388 e. The molecule has 0 aliphatic carbocycles. The lowest BCUT2D eigenvalue weighted by atomic mass is 9.95. The first-order chi connectivity index (χ1) is 6.58. The van der Waals surface area contributed by atoms with E-state index in [9.17, 15) is 0 Å². The van der Waals surface area contributed by atoms with Gasteiger partial charge in [-0.25, -0.2) is 0 Å². The first kappa shape index (κ1) is 13.0. The van der Waals surface area contributed by atoms with Gasteiger partial charge >= 0.3 is 0 Å². The lowest BCUT2D eigenvalue weighted by Gasteiger charge is -2.16. The minimum absolute atomic E-state index is 0.603. The zero-order valence-electron chi connectivity index (χ0n) is 10.1. The molecule has 1 N–H and O–H groups in total. The molecular weight excluding hydrogens is 170 g/mol. The van der Waals surface area contributed by atoms with Crippen LogP contribution in [0.3, 0.4) is 0 Å². The van der Waals surface area contributed by atoms with E-state index in [-0.39, 0.29) is 0 Å². The van der Waals surface area contributed by atoms with Crippen molar-refractivity contribution in [3.63, 3.8) is 0 Å². The second-order valence-electron chi connectivity index (χ2n) is 3.74. The largest absolute Gasteiger partial charge is 0.388 e. The van der Waals surface area contributed by atoms with Crippen LogP contribution in [0.25, 0.3) is 0 Å². The Labute approximate surface area is 88.6 Å². The van der Waals surface area contributed by atoms with Crippen LogP contribution in [0.4, 0.5) is 0 Å². The molecule has 14 heavy (non-hydrogen) atoms. The Morgan fingerprint density at radius 3 is 2.29 bits per heavy atom. The highest BCUT2D eigenvalue weighted by Gasteiger charge is 2.07. The molecule has 0 fully saturated rings. The average molecular weight is 193 g/mol. The van der Waals surface area contributed by atoms with E-state index in [0.717, 1.165) is 6.42 Å². The van der Waals surface area contributed by atoms with Gasteiger partial charge in [-0.15, -0.1) is 0 Å². The van der Waals surface area contributed by atoms with Gasteiger partial charge in [-0.3, -0.25) is 0 Å².